The van der Waals surface area contributed by atoms with E-state index in [1.165, 1.54) is 37.7 Å². The smallest absolute Gasteiger partial charge is 0.161 e. The number of methoxy groups -OCH3 is 2. The van der Waals surface area contributed by atoms with Crippen LogP contribution >= 0.6 is 0 Å². The van der Waals surface area contributed by atoms with Gasteiger partial charge in [-0.25, -0.2) is 0 Å². The van der Waals surface area contributed by atoms with Gasteiger partial charge in [0, 0.05) is 24.6 Å². The highest BCUT2D eigenvalue weighted by molar-refractivity contribution is 5.42. The Morgan fingerprint density at radius 3 is 2.50 bits per heavy atom. The molecular weight excluding hydrogens is 302 g/mol. The molecule has 0 bridgehead atoms. The van der Waals surface area contributed by atoms with Gasteiger partial charge in [0.25, 0.3) is 0 Å². The van der Waals surface area contributed by atoms with Crippen molar-refractivity contribution in [1.82, 2.24) is 5.32 Å². The Hall–Kier alpha value is -1.26. The third-order valence-corrected chi connectivity index (χ3v) is 5.94. The molecule has 0 unspecified atom stereocenters. The molecule has 24 heavy (non-hydrogen) atoms. The van der Waals surface area contributed by atoms with Gasteiger partial charge < -0.3 is 19.5 Å². The van der Waals surface area contributed by atoms with E-state index in [4.69, 9.17) is 14.2 Å². The summed E-state index contributed by atoms with van der Waals surface area (Å²) in [5.74, 6) is 1.58. The highest BCUT2D eigenvalue weighted by Crippen LogP contribution is 2.53. The molecule has 4 heteroatoms. The Kier molecular flexibility index (Phi) is 5.67. The van der Waals surface area contributed by atoms with Crippen LogP contribution in [0, 0.1) is 5.41 Å². The molecular formula is C20H31NO3. The molecule has 1 spiro atoms. The van der Waals surface area contributed by atoms with Crippen LogP contribution in [0.1, 0.15) is 51.0 Å². The van der Waals surface area contributed by atoms with Gasteiger partial charge in [0.2, 0.25) is 0 Å². The van der Waals surface area contributed by atoms with Crippen LogP contribution in [-0.4, -0.2) is 33.0 Å². The number of benzene rings is 1. The van der Waals surface area contributed by atoms with Crippen LogP contribution in [0.4, 0.5) is 0 Å². The molecule has 0 amide bonds. The minimum Gasteiger partial charge on any atom is -0.493 e. The summed E-state index contributed by atoms with van der Waals surface area (Å²) >= 11 is 0. The molecule has 0 heterocycles. The molecule has 0 aliphatic heterocycles. The van der Waals surface area contributed by atoms with Gasteiger partial charge in [0.1, 0.15) is 0 Å². The summed E-state index contributed by atoms with van der Waals surface area (Å²) in [6.07, 6.45) is 8.27. The van der Waals surface area contributed by atoms with Crippen molar-refractivity contribution >= 4 is 0 Å². The second kappa shape index (κ2) is 7.75. The summed E-state index contributed by atoms with van der Waals surface area (Å²) in [7, 11) is 3.36. The third kappa shape index (κ3) is 3.27. The van der Waals surface area contributed by atoms with Gasteiger partial charge in [-0.1, -0.05) is 25.3 Å². The molecule has 1 aromatic rings. The van der Waals surface area contributed by atoms with Gasteiger partial charge >= 0.3 is 0 Å². The summed E-state index contributed by atoms with van der Waals surface area (Å²) in [5.41, 5.74) is 1.60. The van der Waals surface area contributed by atoms with Gasteiger partial charge in [-0.3, -0.25) is 0 Å². The van der Waals surface area contributed by atoms with Crippen LogP contribution in [0.5, 0.6) is 11.5 Å². The fourth-order valence-electron chi connectivity index (χ4n) is 4.58. The normalized spacial score (nSPS) is 25.3. The van der Waals surface area contributed by atoms with Crippen molar-refractivity contribution in [2.75, 3.05) is 20.8 Å². The van der Waals surface area contributed by atoms with Crippen molar-refractivity contribution in [2.45, 2.75) is 64.1 Å². The second-order valence-corrected chi connectivity index (χ2v) is 7.10. The summed E-state index contributed by atoms with van der Waals surface area (Å²) in [6.45, 7) is 3.81. The first-order valence-electron chi connectivity index (χ1n) is 9.29. The third-order valence-electron chi connectivity index (χ3n) is 5.94. The highest BCUT2D eigenvalue weighted by atomic mass is 16.5. The molecule has 2 fully saturated rings. The molecule has 4 nitrogen and oxygen atoms in total. The molecule has 3 rings (SSSR count). The van der Waals surface area contributed by atoms with E-state index in [-0.39, 0.29) is 0 Å². The zero-order chi connectivity index (χ0) is 17.0. The highest BCUT2D eigenvalue weighted by Gasteiger charge is 2.55. The number of rotatable bonds is 7. The molecule has 1 N–H and O–H groups in total. The first kappa shape index (κ1) is 17.6. The maximum Gasteiger partial charge on any atom is 0.161 e. The van der Waals surface area contributed by atoms with Crippen LogP contribution in [0.3, 0.4) is 0 Å². The summed E-state index contributed by atoms with van der Waals surface area (Å²) in [5, 5.41) is 3.80. The topological polar surface area (TPSA) is 39.7 Å². The van der Waals surface area contributed by atoms with Crippen molar-refractivity contribution in [1.29, 1.82) is 0 Å². The van der Waals surface area contributed by atoms with Crippen LogP contribution < -0.4 is 14.8 Å². The SMILES string of the molecule is CCO[C@H]1C[C@@H](NCc2ccc(OC)c(OC)c2)C12CCCCC2. The van der Waals surface area contributed by atoms with Crippen LogP contribution in [0.15, 0.2) is 18.2 Å². The fraction of sp³-hybridized carbons (Fsp3) is 0.700. The van der Waals surface area contributed by atoms with E-state index in [9.17, 15) is 0 Å². The van der Waals surface area contributed by atoms with E-state index < -0.39 is 0 Å². The van der Waals surface area contributed by atoms with Crippen molar-refractivity contribution in [3.63, 3.8) is 0 Å². The van der Waals surface area contributed by atoms with E-state index in [0.29, 0.717) is 17.6 Å². The Morgan fingerprint density at radius 1 is 1.08 bits per heavy atom. The van der Waals surface area contributed by atoms with Gasteiger partial charge in [-0.15, -0.1) is 0 Å². The molecule has 134 valence electrons. The quantitative estimate of drug-likeness (QED) is 0.821. The van der Waals surface area contributed by atoms with Crippen molar-refractivity contribution < 1.29 is 14.2 Å². The minimum absolute atomic E-state index is 0.366. The Bertz CT molecular complexity index is 540. The number of nitrogens with one attached hydrogen (secondary N) is 1. The van der Waals surface area contributed by atoms with Crippen molar-refractivity contribution in [3.05, 3.63) is 23.8 Å². The second-order valence-electron chi connectivity index (χ2n) is 7.10. The average Bonchev–Trinajstić information content (AvgIpc) is 2.64. The summed E-state index contributed by atoms with van der Waals surface area (Å²) in [6, 6.07) is 6.73. The molecule has 2 atom stereocenters. The molecule has 1 aromatic carbocycles. The van der Waals surface area contributed by atoms with E-state index in [0.717, 1.165) is 31.1 Å². The minimum atomic E-state index is 0.366. The van der Waals surface area contributed by atoms with Crippen LogP contribution in [0.25, 0.3) is 0 Å². The standard InChI is InChI=1S/C20H31NO3/c1-4-24-19-13-18(20(19)10-6-5-7-11-20)21-14-15-8-9-16(22-2)17(12-15)23-3/h8-9,12,18-19,21H,4-7,10-11,13-14H2,1-3H3/t18-,19+/m1/s1. The number of hydrogen-bond acceptors (Lipinski definition) is 4. The van der Waals surface area contributed by atoms with E-state index in [2.05, 4.69) is 24.4 Å². The molecule has 0 radical (unpaired) electrons. The molecule has 2 saturated carbocycles. The summed E-state index contributed by atoms with van der Waals surface area (Å²) in [4.78, 5) is 0. The van der Waals surface area contributed by atoms with Gasteiger partial charge in [0.15, 0.2) is 11.5 Å². The zero-order valence-corrected chi connectivity index (χ0v) is 15.3. The number of hydrogen-bond donors (Lipinski definition) is 1. The lowest BCUT2D eigenvalue weighted by Crippen LogP contribution is -2.64. The molecule has 0 saturated heterocycles. The lowest BCUT2D eigenvalue weighted by atomic mass is 9.55. The summed E-state index contributed by atoms with van der Waals surface area (Å²) < 4.78 is 16.8. The first-order valence-corrected chi connectivity index (χ1v) is 9.29. The lowest BCUT2D eigenvalue weighted by Gasteiger charge is -2.58. The maximum absolute atomic E-state index is 6.04. The lowest BCUT2D eigenvalue weighted by molar-refractivity contribution is -0.150. The molecule has 0 aromatic heterocycles. The monoisotopic (exact) mass is 333 g/mol. The van der Waals surface area contributed by atoms with Gasteiger partial charge in [-0.05, 0) is 43.9 Å². The number of ether oxygens (including phenoxy) is 3. The Labute approximate surface area is 145 Å². The van der Waals surface area contributed by atoms with E-state index in [1.807, 2.05) is 6.07 Å². The maximum atomic E-state index is 6.04. The fourth-order valence-corrected chi connectivity index (χ4v) is 4.58. The predicted octanol–water partition coefficient (Wildman–Crippen LogP) is 3.92. The predicted molar refractivity (Wildman–Crippen MR) is 95.7 cm³/mol. The Balaban J connectivity index is 1.63. The largest absolute Gasteiger partial charge is 0.493 e. The van der Waals surface area contributed by atoms with E-state index in [1.54, 1.807) is 14.2 Å². The van der Waals surface area contributed by atoms with Crippen molar-refractivity contribution in [3.8, 4) is 11.5 Å². The van der Waals surface area contributed by atoms with Gasteiger partial charge in [-0.2, -0.15) is 0 Å². The molecule has 2 aliphatic rings. The van der Waals surface area contributed by atoms with Crippen LogP contribution in [-0.2, 0) is 11.3 Å². The zero-order valence-electron chi connectivity index (χ0n) is 15.3. The van der Waals surface area contributed by atoms with Crippen LogP contribution in [0.2, 0.25) is 0 Å². The Morgan fingerprint density at radius 2 is 1.83 bits per heavy atom. The molecule has 2 aliphatic carbocycles. The van der Waals surface area contributed by atoms with Crippen molar-refractivity contribution in [2.24, 2.45) is 5.41 Å². The van der Waals surface area contributed by atoms with E-state index >= 15 is 0 Å². The first-order chi connectivity index (χ1) is 11.7. The average molecular weight is 333 g/mol. The van der Waals surface area contributed by atoms with Gasteiger partial charge in [0.05, 0.1) is 20.3 Å².